The Morgan fingerprint density at radius 3 is 2.64 bits per heavy atom. The van der Waals surface area contributed by atoms with E-state index in [0.29, 0.717) is 11.3 Å². The van der Waals surface area contributed by atoms with Gasteiger partial charge in [-0.3, -0.25) is 0 Å². The predicted octanol–water partition coefficient (Wildman–Crippen LogP) is 3.03. The van der Waals surface area contributed by atoms with E-state index in [2.05, 4.69) is 0 Å². The van der Waals surface area contributed by atoms with Crippen molar-refractivity contribution in [2.45, 2.75) is 20.8 Å². The summed E-state index contributed by atoms with van der Waals surface area (Å²) in [5.74, 6) is -0.832. The topological polar surface area (TPSA) is 76.4 Å². The average molecular weight is 299 g/mol. The lowest BCUT2D eigenvalue weighted by Gasteiger charge is -2.04. The van der Waals surface area contributed by atoms with Crippen LogP contribution in [-0.2, 0) is 14.3 Å². The molecule has 0 aliphatic rings. The monoisotopic (exact) mass is 299 g/mol. The second-order valence-corrected chi connectivity index (χ2v) is 4.61. The molecule has 5 nitrogen and oxygen atoms in total. The number of hydrogen-bond donors (Lipinski definition) is 0. The Hall–Kier alpha value is -2.87. The van der Waals surface area contributed by atoms with Gasteiger partial charge in [0.05, 0.1) is 6.61 Å². The lowest BCUT2D eigenvalue weighted by Crippen LogP contribution is -2.06. The predicted molar refractivity (Wildman–Crippen MR) is 81.7 cm³/mol. The van der Waals surface area contributed by atoms with E-state index in [0.717, 1.165) is 5.57 Å². The molecule has 0 N–H and O–H groups in total. The maximum Gasteiger partial charge on any atom is 0.348 e. The van der Waals surface area contributed by atoms with Crippen LogP contribution in [0.1, 0.15) is 26.3 Å². The Morgan fingerprint density at radius 2 is 2.05 bits per heavy atom. The number of carbonyl (C=O) groups excluding carboxylic acids is 2. The molecule has 0 bridgehead atoms. The first kappa shape index (κ1) is 17.2. The highest BCUT2D eigenvalue weighted by molar-refractivity contribution is 5.97. The third-order valence-electron chi connectivity index (χ3n) is 2.41. The molecule has 0 aliphatic heterocycles. The second-order valence-electron chi connectivity index (χ2n) is 4.61. The number of nitriles is 1. The van der Waals surface area contributed by atoms with E-state index in [1.54, 1.807) is 51.1 Å². The second kappa shape index (κ2) is 8.42. The molecule has 5 heteroatoms. The minimum Gasteiger partial charge on any atom is -0.462 e. The smallest absolute Gasteiger partial charge is 0.348 e. The Balaban J connectivity index is 2.97. The van der Waals surface area contributed by atoms with Crippen molar-refractivity contribution in [2.24, 2.45) is 0 Å². The molecule has 0 aliphatic carbocycles. The zero-order valence-electron chi connectivity index (χ0n) is 12.8. The van der Waals surface area contributed by atoms with Crippen molar-refractivity contribution < 1.29 is 19.1 Å². The van der Waals surface area contributed by atoms with Crippen molar-refractivity contribution in [1.82, 2.24) is 0 Å². The summed E-state index contributed by atoms with van der Waals surface area (Å²) < 4.78 is 9.93. The molecule has 0 spiro atoms. The third kappa shape index (κ3) is 5.63. The Bertz CT molecular complexity index is 661. The third-order valence-corrected chi connectivity index (χ3v) is 2.41. The lowest BCUT2D eigenvalue weighted by molar-refractivity contribution is -0.138. The molecule has 0 amide bonds. The normalized spacial score (nSPS) is 10.4. The maximum absolute atomic E-state index is 11.6. The molecule has 0 heterocycles. The number of esters is 2. The summed E-state index contributed by atoms with van der Waals surface area (Å²) in [4.78, 5) is 23.1. The number of hydrogen-bond acceptors (Lipinski definition) is 5. The number of allylic oxidation sites excluding steroid dienone is 1. The van der Waals surface area contributed by atoms with Gasteiger partial charge in [-0.05, 0) is 44.5 Å². The lowest BCUT2D eigenvalue weighted by atomic mass is 10.1. The standard InChI is InChI=1S/C17H17NO4/c1-4-21-17(20)14(11-18)9-13-6-5-7-15(10-13)22-16(19)8-12(2)3/h5-10H,4H2,1-3H3/b14-9+. The van der Waals surface area contributed by atoms with Crippen molar-refractivity contribution in [3.8, 4) is 11.8 Å². The van der Waals surface area contributed by atoms with E-state index < -0.39 is 11.9 Å². The van der Waals surface area contributed by atoms with Crippen LogP contribution in [0.15, 0.2) is 41.5 Å². The molecule has 0 saturated heterocycles. The first-order valence-electron chi connectivity index (χ1n) is 6.72. The van der Waals surface area contributed by atoms with E-state index in [4.69, 9.17) is 14.7 Å². The molecule has 1 aromatic carbocycles. The summed E-state index contributed by atoms with van der Waals surface area (Å²) >= 11 is 0. The van der Waals surface area contributed by atoms with Gasteiger partial charge >= 0.3 is 11.9 Å². The molecular formula is C17H17NO4. The van der Waals surface area contributed by atoms with Gasteiger partial charge in [0.15, 0.2) is 0 Å². The molecule has 1 aromatic rings. The highest BCUT2D eigenvalue weighted by Crippen LogP contribution is 2.17. The van der Waals surface area contributed by atoms with E-state index >= 15 is 0 Å². The van der Waals surface area contributed by atoms with Crippen molar-refractivity contribution in [2.75, 3.05) is 6.61 Å². The first-order chi connectivity index (χ1) is 10.5. The average Bonchev–Trinajstić information content (AvgIpc) is 2.44. The van der Waals surface area contributed by atoms with Crippen molar-refractivity contribution in [1.29, 1.82) is 5.26 Å². The molecule has 0 atom stereocenters. The molecule has 114 valence electrons. The summed E-state index contributed by atoms with van der Waals surface area (Å²) in [6, 6.07) is 8.32. The van der Waals surface area contributed by atoms with Crippen molar-refractivity contribution in [3.63, 3.8) is 0 Å². The van der Waals surface area contributed by atoms with Crippen LogP contribution < -0.4 is 4.74 Å². The Morgan fingerprint density at radius 1 is 1.32 bits per heavy atom. The summed E-state index contributed by atoms with van der Waals surface area (Å²) in [7, 11) is 0. The minimum absolute atomic E-state index is 0.116. The molecule has 1 rings (SSSR count). The van der Waals surface area contributed by atoms with Crippen molar-refractivity contribution >= 4 is 18.0 Å². The Labute approximate surface area is 129 Å². The number of benzene rings is 1. The van der Waals surface area contributed by atoms with Gasteiger partial charge in [0.25, 0.3) is 0 Å². The molecule has 22 heavy (non-hydrogen) atoms. The minimum atomic E-state index is -0.683. The number of rotatable bonds is 5. The molecular weight excluding hydrogens is 282 g/mol. The summed E-state index contributed by atoms with van der Waals surface area (Å²) in [6.45, 7) is 5.44. The van der Waals surface area contributed by atoms with Crippen LogP contribution in [-0.4, -0.2) is 18.5 Å². The summed E-state index contributed by atoms with van der Waals surface area (Å²) in [6.07, 6.45) is 2.76. The highest BCUT2D eigenvalue weighted by Gasteiger charge is 2.10. The fraction of sp³-hybridized carbons (Fsp3) is 0.235. The van der Waals surface area contributed by atoms with Gasteiger partial charge in [-0.15, -0.1) is 0 Å². The van der Waals surface area contributed by atoms with Crippen LogP contribution in [0.25, 0.3) is 6.08 Å². The molecule has 0 radical (unpaired) electrons. The largest absolute Gasteiger partial charge is 0.462 e. The van der Waals surface area contributed by atoms with E-state index in [-0.39, 0.29) is 12.2 Å². The molecule has 0 aromatic heterocycles. The fourth-order valence-corrected chi connectivity index (χ4v) is 1.56. The van der Waals surface area contributed by atoms with Gasteiger partial charge in [0, 0.05) is 6.08 Å². The number of carbonyl (C=O) groups is 2. The Kier molecular flexibility index (Phi) is 6.58. The van der Waals surface area contributed by atoms with Gasteiger partial charge in [-0.25, -0.2) is 9.59 Å². The van der Waals surface area contributed by atoms with Crippen LogP contribution in [0, 0.1) is 11.3 Å². The van der Waals surface area contributed by atoms with Crippen LogP contribution in [0.2, 0.25) is 0 Å². The van der Waals surface area contributed by atoms with Gasteiger partial charge < -0.3 is 9.47 Å². The van der Waals surface area contributed by atoms with Crippen molar-refractivity contribution in [3.05, 3.63) is 47.1 Å². The SMILES string of the molecule is CCOC(=O)/C(C#N)=C/c1cccc(OC(=O)C=C(C)C)c1. The maximum atomic E-state index is 11.6. The number of ether oxygens (including phenoxy) is 2. The molecule has 0 fully saturated rings. The molecule has 0 saturated carbocycles. The highest BCUT2D eigenvalue weighted by atomic mass is 16.5. The number of nitrogens with zero attached hydrogens (tertiary/aromatic N) is 1. The van der Waals surface area contributed by atoms with Crippen LogP contribution in [0.5, 0.6) is 5.75 Å². The van der Waals surface area contributed by atoms with E-state index in [1.807, 2.05) is 0 Å². The fourth-order valence-electron chi connectivity index (χ4n) is 1.56. The first-order valence-corrected chi connectivity index (χ1v) is 6.72. The zero-order valence-corrected chi connectivity index (χ0v) is 12.8. The van der Waals surface area contributed by atoms with Gasteiger partial charge in [0.2, 0.25) is 0 Å². The quantitative estimate of drug-likeness (QED) is 0.361. The van der Waals surface area contributed by atoms with Gasteiger partial charge in [0.1, 0.15) is 17.4 Å². The van der Waals surface area contributed by atoms with Gasteiger partial charge in [-0.2, -0.15) is 5.26 Å². The van der Waals surface area contributed by atoms with E-state index in [9.17, 15) is 9.59 Å². The molecule has 0 unspecified atom stereocenters. The van der Waals surface area contributed by atoms with Gasteiger partial charge in [-0.1, -0.05) is 17.7 Å². The zero-order chi connectivity index (χ0) is 16.5. The van der Waals surface area contributed by atoms with Crippen LogP contribution >= 0.6 is 0 Å². The van der Waals surface area contributed by atoms with Crippen LogP contribution in [0.4, 0.5) is 0 Å². The van der Waals surface area contributed by atoms with E-state index in [1.165, 1.54) is 12.2 Å². The summed E-state index contributed by atoms with van der Waals surface area (Å²) in [5.41, 5.74) is 1.27. The van der Waals surface area contributed by atoms with Crippen LogP contribution in [0.3, 0.4) is 0 Å². The summed E-state index contributed by atoms with van der Waals surface area (Å²) in [5, 5.41) is 8.99.